The van der Waals surface area contributed by atoms with Gasteiger partial charge in [0.05, 0.1) is 12.4 Å². The van der Waals surface area contributed by atoms with Crippen molar-refractivity contribution >= 4 is 42.5 Å². The number of aromatic amines is 1. The molecule has 0 saturated heterocycles. The second-order valence-corrected chi connectivity index (χ2v) is 6.68. The fourth-order valence-electron chi connectivity index (χ4n) is 2.42. The van der Waals surface area contributed by atoms with Gasteiger partial charge in [0.15, 0.2) is 0 Å². The van der Waals surface area contributed by atoms with E-state index in [9.17, 15) is 4.79 Å². The first-order valence-electron chi connectivity index (χ1n) is 7.67. The molecule has 0 aliphatic heterocycles. The van der Waals surface area contributed by atoms with Crippen LogP contribution in [0.3, 0.4) is 0 Å². The molecule has 1 aromatic heterocycles. The van der Waals surface area contributed by atoms with Crippen LogP contribution in [0, 0.1) is 0 Å². The number of amides is 1. The first kappa shape index (κ1) is 23.8. The minimum absolute atomic E-state index is 0. The molecule has 5 nitrogen and oxygen atoms in total. The molecule has 1 aromatic carbocycles. The normalized spacial score (nSPS) is 11.4. The summed E-state index contributed by atoms with van der Waals surface area (Å²) in [5, 5.41) is 0. The van der Waals surface area contributed by atoms with Crippen molar-refractivity contribution in [2.75, 3.05) is 6.26 Å². The van der Waals surface area contributed by atoms with E-state index >= 15 is 0 Å². The molecule has 0 spiro atoms. The van der Waals surface area contributed by atoms with Crippen LogP contribution in [-0.2, 0) is 17.8 Å². The maximum atomic E-state index is 12.7. The van der Waals surface area contributed by atoms with Crippen LogP contribution in [0.5, 0.6) is 0 Å². The Hall–Kier alpha value is -1.21. The van der Waals surface area contributed by atoms with Crippen LogP contribution < -0.4 is 5.73 Å². The molecule has 0 saturated carbocycles. The Balaban J connectivity index is 0.00000288. The molecule has 0 radical (unpaired) electrons. The second-order valence-electron chi connectivity index (χ2n) is 5.80. The molecule has 0 fully saturated rings. The first-order chi connectivity index (χ1) is 11.0. The van der Waals surface area contributed by atoms with Gasteiger partial charge in [-0.1, -0.05) is 12.1 Å². The van der Waals surface area contributed by atoms with Crippen LogP contribution in [0.4, 0.5) is 0 Å². The van der Waals surface area contributed by atoms with Crippen molar-refractivity contribution in [3.05, 3.63) is 48.0 Å². The number of nitrogens with one attached hydrogen (secondary N) is 1. The van der Waals surface area contributed by atoms with Gasteiger partial charge < -0.3 is 15.6 Å². The average molecular weight is 405 g/mol. The number of nitrogens with two attached hydrogens (primary N) is 1. The Morgan fingerprint density at radius 2 is 2.08 bits per heavy atom. The van der Waals surface area contributed by atoms with E-state index in [2.05, 4.69) is 22.1 Å². The van der Waals surface area contributed by atoms with Gasteiger partial charge in [0.2, 0.25) is 5.91 Å². The lowest BCUT2D eigenvalue weighted by Crippen LogP contribution is -2.47. The number of halogens is 2. The van der Waals surface area contributed by atoms with Crippen molar-refractivity contribution in [1.29, 1.82) is 0 Å². The fourth-order valence-corrected chi connectivity index (χ4v) is 2.90. The minimum Gasteiger partial charge on any atom is -0.348 e. The number of H-pyrrole nitrogens is 1. The van der Waals surface area contributed by atoms with Crippen LogP contribution in [-0.4, -0.2) is 39.1 Å². The largest absolute Gasteiger partial charge is 0.348 e. The highest BCUT2D eigenvalue weighted by Gasteiger charge is 2.24. The van der Waals surface area contributed by atoms with Crippen LogP contribution in [0.1, 0.15) is 25.1 Å². The third kappa shape index (κ3) is 6.90. The van der Waals surface area contributed by atoms with Gasteiger partial charge in [-0.2, -0.15) is 0 Å². The summed E-state index contributed by atoms with van der Waals surface area (Å²) in [7, 11) is 0. The highest BCUT2D eigenvalue weighted by atomic mass is 35.5. The van der Waals surface area contributed by atoms with Gasteiger partial charge in [-0.3, -0.25) is 4.79 Å². The van der Waals surface area contributed by atoms with E-state index in [1.54, 1.807) is 24.3 Å². The zero-order valence-electron chi connectivity index (χ0n) is 14.6. The molecule has 2 aromatic rings. The highest BCUT2D eigenvalue weighted by Crippen LogP contribution is 2.18. The number of hydrogen-bond donors (Lipinski definition) is 2. The van der Waals surface area contributed by atoms with Crippen molar-refractivity contribution in [1.82, 2.24) is 14.9 Å². The maximum Gasteiger partial charge on any atom is 0.240 e. The molecule has 140 valence electrons. The number of imidazole rings is 1. The van der Waals surface area contributed by atoms with Gasteiger partial charge >= 0.3 is 0 Å². The Labute approximate surface area is 166 Å². The lowest BCUT2D eigenvalue weighted by molar-refractivity contribution is -0.135. The molecular formula is C17H26Cl2N4OS. The summed E-state index contributed by atoms with van der Waals surface area (Å²) >= 11 is 1.70. The summed E-state index contributed by atoms with van der Waals surface area (Å²) in [6.07, 6.45) is 5.81. The molecule has 0 aliphatic carbocycles. The molecule has 1 heterocycles. The van der Waals surface area contributed by atoms with E-state index in [1.807, 2.05) is 37.1 Å². The first-order valence-corrected chi connectivity index (χ1v) is 8.90. The molecular weight excluding hydrogens is 379 g/mol. The number of nitrogens with zero attached hydrogens (tertiary/aromatic N) is 2. The fraction of sp³-hybridized carbons (Fsp3) is 0.412. The van der Waals surface area contributed by atoms with E-state index in [-0.39, 0.29) is 36.8 Å². The van der Waals surface area contributed by atoms with Gasteiger partial charge in [-0.05, 0) is 37.8 Å². The van der Waals surface area contributed by atoms with Crippen molar-refractivity contribution in [3.63, 3.8) is 0 Å². The summed E-state index contributed by atoms with van der Waals surface area (Å²) in [6.45, 7) is 4.60. The Bertz CT molecular complexity index is 637. The van der Waals surface area contributed by atoms with Crippen LogP contribution in [0.2, 0.25) is 0 Å². The summed E-state index contributed by atoms with van der Waals surface area (Å²) < 4.78 is 0. The van der Waals surface area contributed by atoms with E-state index < -0.39 is 6.04 Å². The number of hydrogen-bond acceptors (Lipinski definition) is 4. The highest BCUT2D eigenvalue weighted by molar-refractivity contribution is 7.98. The van der Waals surface area contributed by atoms with Gasteiger partial charge in [0.1, 0.15) is 0 Å². The maximum absolute atomic E-state index is 12.7. The topological polar surface area (TPSA) is 75.0 Å². The van der Waals surface area contributed by atoms with Crippen molar-refractivity contribution < 1.29 is 4.79 Å². The standard InChI is InChI=1S/C17H24N4OS.2ClH/c1-12(2)21(10-13-5-4-6-15(7-13)23-3)17(22)16(18)8-14-9-19-11-20-14;;/h4-7,9,11-12,16H,8,10,18H2,1-3H3,(H,19,20);2*1H/t16-;;/m0../s1. The van der Waals surface area contributed by atoms with E-state index in [4.69, 9.17) is 5.73 Å². The van der Waals surface area contributed by atoms with Crippen LogP contribution >= 0.6 is 36.6 Å². The predicted octanol–water partition coefficient (Wildman–Crippen LogP) is 3.28. The molecule has 0 unspecified atom stereocenters. The smallest absolute Gasteiger partial charge is 0.240 e. The zero-order valence-corrected chi connectivity index (χ0v) is 17.1. The zero-order chi connectivity index (χ0) is 16.8. The quantitative estimate of drug-likeness (QED) is 0.694. The van der Waals surface area contributed by atoms with Crippen molar-refractivity contribution in [2.45, 2.75) is 43.8 Å². The lowest BCUT2D eigenvalue weighted by atomic mass is 10.1. The minimum atomic E-state index is -0.568. The number of rotatable bonds is 7. The Morgan fingerprint density at radius 1 is 1.36 bits per heavy atom. The van der Waals surface area contributed by atoms with Crippen molar-refractivity contribution in [3.8, 4) is 0 Å². The molecule has 0 bridgehead atoms. The van der Waals surface area contributed by atoms with Crippen LogP contribution in [0.25, 0.3) is 0 Å². The number of thioether (sulfide) groups is 1. The SMILES string of the molecule is CSc1cccc(CN(C(=O)[C@@H](N)Cc2cnc[nH]2)C(C)C)c1.Cl.Cl. The molecule has 0 aliphatic rings. The number of benzene rings is 1. The van der Waals surface area contributed by atoms with Gasteiger partial charge in [0, 0.05) is 35.8 Å². The molecule has 1 atom stereocenters. The van der Waals surface area contributed by atoms with Crippen LogP contribution in [0.15, 0.2) is 41.7 Å². The summed E-state index contributed by atoms with van der Waals surface area (Å²) in [6, 6.07) is 7.78. The summed E-state index contributed by atoms with van der Waals surface area (Å²) in [5.74, 6) is -0.0378. The predicted molar refractivity (Wildman–Crippen MR) is 109 cm³/mol. The Morgan fingerprint density at radius 3 is 2.64 bits per heavy atom. The molecule has 8 heteroatoms. The van der Waals surface area contributed by atoms with E-state index in [1.165, 1.54) is 4.90 Å². The Kier molecular flexibility index (Phi) is 10.9. The average Bonchev–Trinajstić information content (AvgIpc) is 3.04. The summed E-state index contributed by atoms with van der Waals surface area (Å²) in [5.41, 5.74) is 8.11. The van der Waals surface area contributed by atoms with E-state index in [0.29, 0.717) is 13.0 Å². The number of carbonyl (C=O) groups is 1. The molecule has 3 N–H and O–H groups in total. The van der Waals surface area contributed by atoms with E-state index in [0.717, 1.165) is 11.3 Å². The molecule has 1 amide bonds. The van der Waals surface area contributed by atoms with Crippen molar-refractivity contribution in [2.24, 2.45) is 5.73 Å². The lowest BCUT2D eigenvalue weighted by Gasteiger charge is -2.29. The van der Waals surface area contributed by atoms with Gasteiger partial charge in [-0.15, -0.1) is 36.6 Å². The molecule has 25 heavy (non-hydrogen) atoms. The third-order valence-electron chi connectivity index (χ3n) is 3.71. The monoisotopic (exact) mass is 404 g/mol. The van der Waals surface area contributed by atoms with Gasteiger partial charge in [-0.25, -0.2) is 4.98 Å². The van der Waals surface area contributed by atoms with Gasteiger partial charge in [0.25, 0.3) is 0 Å². The number of carbonyl (C=O) groups excluding carboxylic acids is 1. The number of aromatic nitrogens is 2. The summed E-state index contributed by atoms with van der Waals surface area (Å²) in [4.78, 5) is 22.7. The second kappa shape index (κ2) is 11.4. The molecule has 2 rings (SSSR count). The third-order valence-corrected chi connectivity index (χ3v) is 4.43.